The van der Waals surface area contributed by atoms with Gasteiger partial charge in [0.15, 0.2) is 0 Å². The van der Waals surface area contributed by atoms with Crippen molar-refractivity contribution in [3.8, 4) is 0 Å². The first-order valence-electron chi connectivity index (χ1n) is 4.44. The number of rotatable bonds is 5. The van der Waals surface area contributed by atoms with Crippen LogP contribution in [0.15, 0.2) is 21.2 Å². The van der Waals surface area contributed by atoms with E-state index >= 15 is 0 Å². The highest BCUT2D eigenvalue weighted by Gasteiger charge is 2.04. The van der Waals surface area contributed by atoms with Gasteiger partial charge in [-0.1, -0.05) is 0 Å². The van der Waals surface area contributed by atoms with Crippen molar-refractivity contribution in [3.05, 3.63) is 21.2 Å². The fourth-order valence-corrected chi connectivity index (χ4v) is 2.70. The normalized spacial score (nSPS) is 11.4. The van der Waals surface area contributed by atoms with E-state index in [9.17, 15) is 8.42 Å². The molecule has 0 aliphatic rings. The lowest BCUT2D eigenvalue weighted by molar-refractivity contribution is 0.595. The predicted octanol–water partition coefficient (Wildman–Crippen LogP) is 1.70. The van der Waals surface area contributed by atoms with E-state index in [0.717, 1.165) is 8.95 Å². The molecule has 0 saturated heterocycles. The fourth-order valence-electron chi connectivity index (χ4n) is 1.02. The van der Waals surface area contributed by atoms with Crippen LogP contribution in [0.1, 0.15) is 6.42 Å². The molecule has 8 heteroatoms. The Morgan fingerprint density at radius 1 is 1.44 bits per heavy atom. The molecule has 0 fully saturated rings. The Labute approximate surface area is 111 Å². The van der Waals surface area contributed by atoms with E-state index in [4.69, 9.17) is 5.14 Å². The summed E-state index contributed by atoms with van der Waals surface area (Å²) < 4.78 is 23.0. The summed E-state index contributed by atoms with van der Waals surface area (Å²) in [6.07, 6.45) is 2.11. The molecular formula is C8H11Br2N3O2S. The van der Waals surface area contributed by atoms with Gasteiger partial charge in [-0.25, -0.2) is 18.5 Å². The molecule has 0 bridgehead atoms. The lowest BCUT2D eigenvalue weighted by Crippen LogP contribution is -2.18. The molecule has 0 amide bonds. The molecule has 0 spiro atoms. The molecule has 0 unspecified atom stereocenters. The zero-order valence-corrected chi connectivity index (χ0v) is 12.3. The van der Waals surface area contributed by atoms with Crippen molar-refractivity contribution in [1.82, 2.24) is 4.98 Å². The number of sulfonamides is 1. The zero-order chi connectivity index (χ0) is 12.2. The molecule has 5 nitrogen and oxygen atoms in total. The zero-order valence-electron chi connectivity index (χ0n) is 8.28. The molecule has 0 atom stereocenters. The maximum absolute atomic E-state index is 10.7. The smallest absolute Gasteiger partial charge is 0.209 e. The second-order valence-electron chi connectivity index (χ2n) is 3.13. The summed E-state index contributed by atoms with van der Waals surface area (Å²) in [4.78, 5) is 4.13. The molecule has 0 aliphatic carbocycles. The lowest BCUT2D eigenvalue weighted by Gasteiger charge is -2.06. The monoisotopic (exact) mass is 371 g/mol. The highest BCUT2D eigenvalue weighted by molar-refractivity contribution is 9.11. The van der Waals surface area contributed by atoms with Gasteiger partial charge in [-0.05, 0) is 44.3 Å². The van der Waals surface area contributed by atoms with Gasteiger partial charge in [-0.3, -0.25) is 0 Å². The average Bonchev–Trinajstić information content (AvgIpc) is 2.13. The van der Waals surface area contributed by atoms with Crippen LogP contribution in [0.25, 0.3) is 0 Å². The van der Waals surface area contributed by atoms with Gasteiger partial charge in [0.1, 0.15) is 5.82 Å². The van der Waals surface area contributed by atoms with Gasteiger partial charge in [0, 0.05) is 17.2 Å². The van der Waals surface area contributed by atoms with Crippen LogP contribution in [0.3, 0.4) is 0 Å². The molecule has 1 aromatic heterocycles. The number of pyridine rings is 1. The van der Waals surface area contributed by atoms with Crippen molar-refractivity contribution in [2.24, 2.45) is 5.14 Å². The van der Waals surface area contributed by atoms with Gasteiger partial charge >= 0.3 is 0 Å². The van der Waals surface area contributed by atoms with Crippen LogP contribution in [0.5, 0.6) is 0 Å². The van der Waals surface area contributed by atoms with E-state index in [1.807, 2.05) is 6.07 Å². The average molecular weight is 373 g/mol. The van der Waals surface area contributed by atoms with Gasteiger partial charge in [-0.15, -0.1) is 0 Å². The third kappa shape index (κ3) is 5.24. The molecule has 1 aromatic rings. The van der Waals surface area contributed by atoms with Crippen LogP contribution < -0.4 is 10.5 Å². The number of nitrogens with zero attached hydrogens (tertiary/aromatic N) is 1. The number of anilines is 1. The Morgan fingerprint density at radius 3 is 2.69 bits per heavy atom. The van der Waals surface area contributed by atoms with Crippen molar-refractivity contribution < 1.29 is 8.42 Å². The number of halogens is 2. The predicted molar refractivity (Wildman–Crippen MR) is 70.7 cm³/mol. The number of primary sulfonamides is 1. The van der Waals surface area contributed by atoms with Crippen LogP contribution in [0.4, 0.5) is 5.82 Å². The summed E-state index contributed by atoms with van der Waals surface area (Å²) >= 11 is 6.63. The maximum atomic E-state index is 10.7. The molecule has 3 N–H and O–H groups in total. The third-order valence-electron chi connectivity index (χ3n) is 1.71. The second kappa shape index (κ2) is 5.95. The van der Waals surface area contributed by atoms with E-state index < -0.39 is 10.0 Å². The van der Waals surface area contributed by atoms with Crippen molar-refractivity contribution in [2.75, 3.05) is 17.6 Å². The van der Waals surface area contributed by atoms with E-state index in [1.165, 1.54) is 0 Å². The Bertz CT molecular complexity index is 464. The van der Waals surface area contributed by atoms with E-state index in [1.54, 1.807) is 6.20 Å². The molecular weight excluding hydrogens is 362 g/mol. The van der Waals surface area contributed by atoms with E-state index in [0.29, 0.717) is 18.8 Å². The van der Waals surface area contributed by atoms with Crippen LogP contribution >= 0.6 is 31.9 Å². The molecule has 0 aliphatic heterocycles. The molecule has 0 aromatic carbocycles. The third-order valence-corrected chi connectivity index (χ3v) is 3.60. The second-order valence-corrected chi connectivity index (χ2v) is 6.64. The maximum Gasteiger partial charge on any atom is 0.209 e. The summed E-state index contributed by atoms with van der Waals surface area (Å²) in [5.41, 5.74) is 0. The lowest BCUT2D eigenvalue weighted by atomic mass is 10.4. The van der Waals surface area contributed by atoms with Crippen molar-refractivity contribution in [1.29, 1.82) is 0 Å². The number of hydrogen-bond donors (Lipinski definition) is 2. The van der Waals surface area contributed by atoms with Crippen molar-refractivity contribution in [2.45, 2.75) is 6.42 Å². The van der Waals surface area contributed by atoms with Crippen LogP contribution in [0, 0.1) is 0 Å². The quantitative estimate of drug-likeness (QED) is 0.770. The summed E-state index contributed by atoms with van der Waals surface area (Å²) in [5.74, 6) is 0.645. The first kappa shape index (κ1) is 13.9. The molecule has 16 heavy (non-hydrogen) atoms. The highest BCUT2D eigenvalue weighted by atomic mass is 79.9. The van der Waals surface area contributed by atoms with Crippen LogP contribution in [-0.2, 0) is 10.0 Å². The Hall–Kier alpha value is -0.180. The van der Waals surface area contributed by atoms with Gasteiger partial charge < -0.3 is 5.32 Å². The fraction of sp³-hybridized carbons (Fsp3) is 0.375. The van der Waals surface area contributed by atoms with Gasteiger partial charge in [-0.2, -0.15) is 0 Å². The topological polar surface area (TPSA) is 85.1 Å². The van der Waals surface area contributed by atoms with Gasteiger partial charge in [0.25, 0.3) is 0 Å². The first-order chi connectivity index (χ1) is 7.38. The number of nitrogens with two attached hydrogens (primary N) is 1. The highest BCUT2D eigenvalue weighted by Crippen LogP contribution is 2.23. The minimum absolute atomic E-state index is 0.0336. The van der Waals surface area contributed by atoms with Crippen molar-refractivity contribution in [3.63, 3.8) is 0 Å². The number of hydrogen-bond acceptors (Lipinski definition) is 4. The molecule has 90 valence electrons. The first-order valence-corrected chi connectivity index (χ1v) is 7.74. The van der Waals surface area contributed by atoms with Crippen LogP contribution in [0.2, 0.25) is 0 Å². The number of nitrogens with one attached hydrogen (secondary N) is 1. The summed E-state index contributed by atoms with van der Waals surface area (Å²) in [6, 6.07) is 1.86. The Kier molecular flexibility index (Phi) is 5.16. The Balaban J connectivity index is 2.43. The summed E-state index contributed by atoms with van der Waals surface area (Å²) in [6.45, 7) is 0.504. The minimum atomic E-state index is -3.38. The van der Waals surface area contributed by atoms with E-state index in [2.05, 4.69) is 42.2 Å². The van der Waals surface area contributed by atoms with Gasteiger partial charge in [0.2, 0.25) is 10.0 Å². The van der Waals surface area contributed by atoms with Crippen molar-refractivity contribution >= 4 is 47.7 Å². The van der Waals surface area contributed by atoms with Crippen LogP contribution in [-0.4, -0.2) is 25.7 Å². The van der Waals surface area contributed by atoms with Gasteiger partial charge in [0.05, 0.1) is 10.2 Å². The number of aromatic nitrogens is 1. The Morgan fingerprint density at radius 2 is 2.12 bits per heavy atom. The summed E-state index contributed by atoms with van der Waals surface area (Å²) in [5, 5.41) is 7.89. The SMILES string of the molecule is NS(=O)(=O)CCCNc1ncc(Br)cc1Br. The molecule has 1 heterocycles. The molecule has 1 rings (SSSR count). The molecule has 0 saturated carbocycles. The minimum Gasteiger partial charge on any atom is -0.369 e. The van der Waals surface area contributed by atoms with E-state index in [-0.39, 0.29) is 5.75 Å². The molecule has 0 radical (unpaired) electrons. The largest absolute Gasteiger partial charge is 0.369 e. The summed E-state index contributed by atoms with van der Waals surface area (Å²) in [7, 11) is -3.38. The standard InChI is InChI=1S/C8H11Br2N3O2S/c9-6-4-7(10)8(13-5-6)12-2-1-3-16(11,14)15/h4-5H,1-3H2,(H,12,13)(H2,11,14,15).